The zero-order chi connectivity index (χ0) is 14.9. The molecule has 0 radical (unpaired) electrons. The van der Waals surface area contributed by atoms with Crippen LogP contribution in [0.2, 0.25) is 0 Å². The van der Waals surface area contributed by atoms with Crippen LogP contribution in [0.4, 0.5) is 4.39 Å². The third-order valence-corrected chi connectivity index (χ3v) is 4.90. The highest BCUT2D eigenvalue weighted by atomic mass is 19.1. The Balaban J connectivity index is 1.75. The highest BCUT2D eigenvalue weighted by Crippen LogP contribution is 2.42. The summed E-state index contributed by atoms with van der Waals surface area (Å²) < 4.78 is 24.1. The smallest absolute Gasteiger partial charge is 0.126 e. The Hall–Kier alpha value is -1.17. The normalized spacial score (nSPS) is 29.4. The molecule has 0 bridgehead atoms. The molecule has 5 heteroatoms. The molecule has 0 unspecified atom stereocenters. The maximum Gasteiger partial charge on any atom is 0.126 e. The van der Waals surface area contributed by atoms with Gasteiger partial charge in [0.2, 0.25) is 0 Å². The summed E-state index contributed by atoms with van der Waals surface area (Å²) in [5, 5.41) is 9.82. The van der Waals surface area contributed by atoms with Gasteiger partial charge in [-0.25, -0.2) is 4.39 Å². The molecular weight excluding hydrogens is 273 g/mol. The number of halogens is 1. The summed E-state index contributed by atoms with van der Waals surface area (Å²) in [7, 11) is 1.56. The van der Waals surface area contributed by atoms with Crippen molar-refractivity contribution in [2.45, 2.75) is 13.0 Å². The fourth-order valence-electron chi connectivity index (χ4n) is 3.63. The molecule has 0 aromatic heterocycles. The van der Waals surface area contributed by atoms with Crippen LogP contribution >= 0.6 is 0 Å². The van der Waals surface area contributed by atoms with Gasteiger partial charge in [0.05, 0.1) is 20.3 Å². The number of benzene rings is 1. The topological polar surface area (TPSA) is 41.9 Å². The van der Waals surface area contributed by atoms with Crippen molar-refractivity contribution in [3.63, 3.8) is 0 Å². The first kappa shape index (κ1) is 14.8. The lowest BCUT2D eigenvalue weighted by molar-refractivity contribution is -0.0417. The lowest BCUT2D eigenvalue weighted by Crippen LogP contribution is -2.41. The van der Waals surface area contributed by atoms with Gasteiger partial charge in [0.1, 0.15) is 11.6 Å². The molecule has 0 aliphatic carbocycles. The average Bonchev–Trinajstić information content (AvgIpc) is 2.87. The summed E-state index contributed by atoms with van der Waals surface area (Å²) in [6.45, 7) is 4.13. The van der Waals surface area contributed by atoms with Gasteiger partial charge in [-0.05, 0) is 12.5 Å². The van der Waals surface area contributed by atoms with Gasteiger partial charge in [0.25, 0.3) is 0 Å². The van der Waals surface area contributed by atoms with Crippen molar-refractivity contribution in [2.75, 3.05) is 40.0 Å². The number of aliphatic hydroxyl groups is 1. The second-order valence-corrected chi connectivity index (χ2v) is 6.17. The second-order valence-electron chi connectivity index (χ2n) is 6.17. The van der Waals surface area contributed by atoms with E-state index in [2.05, 4.69) is 4.90 Å². The Morgan fingerprint density at radius 3 is 3.10 bits per heavy atom. The summed E-state index contributed by atoms with van der Waals surface area (Å²) in [5.41, 5.74) is 0.942. The van der Waals surface area contributed by atoms with E-state index in [-0.39, 0.29) is 17.8 Å². The van der Waals surface area contributed by atoms with E-state index in [1.54, 1.807) is 13.2 Å². The van der Waals surface area contributed by atoms with Crippen LogP contribution in [0.1, 0.15) is 12.0 Å². The van der Waals surface area contributed by atoms with Crippen LogP contribution in [0.5, 0.6) is 5.75 Å². The molecule has 21 heavy (non-hydrogen) atoms. The largest absolute Gasteiger partial charge is 0.496 e. The maximum absolute atomic E-state index is 13.3. The molecular formula is C16H22FNO3. The summed E-state index contributed by atoms with van der Waals surface area (Å²) in [6.07, 6.45) is 0.908. The predicted molar refractivity (Wildman–Crippen MR) is 76.7 cm³/mol. The fourth-order valence-corrected chi connectivity index (χ4v) is 3.63. The quantitative estimate of drug-likeness (QED) is 0.917. The predicted octanol–water partition coefficient (Wildman–Crippen LogP) is 1.67. The van der Waals surface area contributed by atoms with E-state index in [1.807, 2.05) is 0 Å². The van der Waals surface area contributed by atoms with Crippen molar-refractivity contribution in [3.05, 3.63) is 29.6 Å². The number of likely N-dealkylation sites (tertiary alicyclic amines) is 1. The monoisotopic (exact) mass is 295 g/mol. The molecule has 3 rings (SSSR count). The molecule has 2 saturated heterocycles. The SMILES string of the molecule is COc1cc(F)ccc1CN1C[C@@H]2COCC[C@]2(CO)C1. The van der Waals surface area contributed by atoms with Crippen LogP contribution in [0, 0.1) is 17.2 Å². The van der Waals surface area contributed by atoms with Crippen molar-refractivity contribution in [1.29, 1.82) is 0 Å². The van der Waals surface area contributed by atoms with E-state index >= 15 is 0 Å². The molecule has 1 aromatic rings. The van der Waals surface area contributed by atoms with Crippen molar-refractivity contribution >= 4 is 0 Å². The summed E-state index contributed by atoms with van der Waals surface area (Å²) in [6, 6.07) is 4.66. The zero-order valence-electron chi connectivity index (χ0n) is 12.3. The van der Waals surface area contributed by atoms with Crippen LogP contribution in [-0.4, -0.2) is 50.0 Å². The molecule has 2 heterocycles. The van der Waals surface area contributed by atoms with Gasteiger partial charge < -0.3 is 14.6 Å². The molecule has 2 aliphatic heterocycles. The average molecular weight is 295 g/mol. The standard InChI is InChI=1S/C16H22FNO3/c1-20-15-6-14(17)3-2-12(15)7-18-8-13-9-21-5-4-16(13,10-18)11-19/h2-3,6,13,19H,4-5,7-11H2,1H3/t13-,16-/m1/s1. The second kappa shape index (κ2) is 5.91. The number of methoxy groups -OCH3 is 1. The molecule has 2 aliphatic rings. The van der Waals surface area contributed by atoms with Gasteiger partial charge in [-0.3, -0.25) is 4.90 Å². The number of nitrogens with zero attached hydrogens (tertiary/aromatic N) is 1. The molecule has 1 N–H and O–H groups in total. The van der Waals surface area contributed by atoms with E-state index in [0.29, 0.717) is 18.2 Å². The molecule has 0 spiro atoms. The minimum Gasteiger partial charge on any atom is -0.496 e. The highest BCUT2D eigenvalue weighted by Gasteiger charge is 2.47. The van der Waals surface area contributed by atoms with Crippen molar-refractivity contribution < 1.29 is 19.0 Å². The fraction of sp³-hybridized carbons (Fsp3) is 0.625. The van der Waals surface area contributed by atoms with Gasteiger partial charge in [0.15, 0.2) is 0 Å². The first-order valence-corrected chi connectivity index (χ1v) is 7.40. The summed E-state index contributed by atoms with van der Waals surface area (Å²) >= 11 is 0. The molecule has 2 fully saturated rings. The number of fused-ring (bicyclic) bond motifs is 1. The first-order chi connectivity index (χ1) is 10.2. The van der Waals surface area contributed by atoms with Crippen molar-refractivity contribution in [1.82, 2.24) is 4.90 Å². The maximum atomic E-state index is 13.3. The van der Waals surface area contributed by atoms with E-state index in [9.17, 15) is 9.50 Å². The minimum absolute atomic E-state index is 0.0362. The lowest BCUT2D eigenvalue weighted by Gasteiger charge is -2.36. The van der Waals surface area contributed by atoms with Crippen LogP contribution < -0.4 is 4.74 Å². The molecule has 2 atom stereocenters. The van der Waals surface area contributed by atoms with E-state index < -0.39 is 0 Å². The van der Waals surface area contributed by atoms with Gasteiger partial charge in [-0.2, -0.15) is 0 Å². The van der Waals surface area contributed by atoms with Crippen molar-refractivity contribution in [2.24, 2.45) is 11.3 Å². The molecule has 4 nitrogen and oxygen atoms in total. The van der Waals surface area contributed by atoms with E-state index in [1.165, 1.54) is 12.1 Å². The molecule has 1 aromatic carbocycles. The third-order valence-electron chi connectivity index (χ3n) is 4.90. The van der Waals surface area contributed by atoms with Gasteiger partial charge in [-0.1, -0.05) is 6.07 Å². The summed E-state index contributed by atoms with van der Waals surface area (Å²) in [4.78, 5) is 2.31. The first-order valence-electron chi connectivity index (χ1n) is 7.40. The highest BCUT2D eigenvalue weighted by molar-refractivity contribution is 5.34. The lowest BCUT2D eigenvalue weighted by atomic mass is 9.75. The number of rotatable bonds is 4. The van der Waals surface area contributed by atoms with Gasteiger partial charge in [0, 0.05) is 49.2 Å². The van der Waals surface area contributed by atoms with Crippen molar-refractivity contribution in [3.8, 4) is 5.75 Å². The third kappa shape index (κ3) is 2.78. The molecule has 0 amide bonds. The van der Waals surface area contributed by atoms with Gasteiger partial charge in [-0.15, -0.1) is 0 Å². The van der Waals surface area contributed by atoms with Crippen LogP contribution in [0.3, 0.4) is 0 Å². The summed E-state index contributed by atoms with van der Waals surface area (Å²) in [5.74, 6) is 0.674. The number of hydrogen-bond donors (Lipinski definition) is 1. The van der Waals surface area contributed by atoms with Crippen LogP contribution in [-0.2, 0) is 11.3 Å². The van der Waals surface area contributed by atoms with E-state index in [4.69, 9.17) is 9.47 Å². The minimum atomic E-state index is -0.286. The van der Waals surface area contributed by atoms with Crippen LogP contribution in [0.15, 0.2) is 18.2 Å². The molecule has 116 valence electrons. The Labute approximate surface area is 124 Å². The van der Waals surface area contributed by atoms with Gasteiger partial charge >= 0.3 is 0 Å². The Kier molecular flexibility index (Phi) is 4.15. The molecule has 0 saturated carbocycles. The number of hydrogen-bond acceptors (Lipinski definition) is 4. The van der Waals surface area contributed by atoms with Crippen LogP contribution in [0.25, 0.3) is 0 Å². The Morgan fingerprint density at radius 1 is 1.52 bits per heavy atom. The Bertz CT molecular complexity index is 510. The zero-order valence-corrected chi connectivity index (χ0v) is 12.3. The Morgan fingerprint density at radius 2 is 2.38 bits per heavy atom. The number of aliphatic hydroxyl groups excluding tert-OH is 1. The number of ether oxygens (including phenoxy) is 2. The van der Waals surface area contributed by atoms with E-state index in [0.717, 1.165) is 38.3 Å².